The van der Waals surface area contributed by atoms with Gasteiger partial charge in [0.2, 0.25) is 11.8 Å². The highest BCUT2D eigenvalue weighted by atomic mass is 16.5. The van der Waals surface area contributed by atoms with E-state index < -0.39 is 0 Å². The van der Waals surface area contributed by atoms with E-state index in [9.17, 15) is 9.59 Å². The molecule has 0 radical (unpaired) electrons. The van der Waals surface area contributed by atoms with Crippen LogP contribution in [0.25, 0.3) is 11.0 Å². The molecule has 2 amide bonds. The van der Waals surface area contributed by atoms with Gasteiger partial charge in [0.15, 0.2) is 0 Å². The highest BCUT2D eigenvalue weighted by Crippen LogP contribution is 2.15. The molecule has 0 saturated carbocycles. The number of nitrogens with zero attached hydrogens (tertiary/aromatic N) is 6. The summed E-state index contributed by atoms with van der Waals surface area (Å²) in [7, 11) is 0. The molecule has 2 aromatic heterocycles. The zero-order chi connectivity index (χ0) is 24.0. The monoisotopic (exact) mass is 470 g/mol. The maximum absolute atomic E-state index is 13.2. The lowest BCUT2D eigenvalue weighted by atomic mass is 10.2. The highest BCUT2D eigenvalue weighted by molar-refractivity contribution is 5.85. The average Bonchev–Trinajstić information content (AvgIpc) is 3.22. The van der Waals surface area contributed by atoms with Gasteiger partial charge in [-0.1, -0.05) is 48.5 Å². The molecule has 0 unspecified atom stereocenters. The van der Waals surface area contributed by atoms with Crippen LogP contribution in [0.3, 0.4) is 0 Å². The zero-order valence-corrected chi connectivity index (χ0v) is 19.2. The van der Waals surface area contributed by atoms with E-state index in [1.807, 2.05) is 66.7 Å². The molecule has 9 nitrogen and oxygen atoms in total. The molecule has 1 atom stereocenters. The summed E-state index contributed by atoms with van der Waals surface area (Å²) in [6.45, 7) is 1.44. The first kappa shape index (κ1) is 22.7. The molecule has 178 valence electrons. The Morgan fingerprint density at radius 3 is 2.34 bits per heavy atom. The highest BCUT2D eigenvalue weighted by Gasteiger charge is 2.31. The van der Waals surface area contributed by atoms with Crippen molar-refractivity contribution in [1.29, 1.82) is 0 Å². The van der Waals surface area contributed by atoms with E-state index in [4.69, 9.17) is 4.74 Å². The van der Waals surface area contributed by atoms with E-state index in [0.29, 0.717) is 26.2 Å². The predicted molar refractivity (Wildman–Crippen MR) is 129 cm³/mol. The van der Waals surface area contributed by atoms with Gasteiger partial charge in [0, 0.05) is 32.0 Å². The second kappa shape index (κ2) is 10.4. The van der Waals surface area contributed by atoms with Gasteiger partial charge in [-0.3, -0.25) is 14.6 Å². The molecule has 0 spiro atoms. The standard InChI is InChI=1S/C26H26N6O3/c33-25-17-31(26(34)18-32-28-23-10-4-5-11-24(23)29-32)16-22(35-19-21-9-6-12-27-13-21)15-30(25)14-20-7-2-1-3-8-20/h1-13,22H,14-19H2/t22-/m1/s1. The van der Waals surface area contributed by atoms with E-state index in [1.54, 1.807) is 22.2 Å². The molecule has 0 bridgehead atoms. The Labute approximate surface area is 202 Å². The minimum absolute atomic E-state index is 0.0147. The summed E-state index contributed by atoms with van der Waals surface area (Å²) in [5, 5.41) is 8.76. The van der Waals surface area contributed by atoms with Crippen LogP contribution in [0.5, 0.6) is 0 Å². The second-order valence-electron chi connectivity index (χ2n) is 8.55. The third-order valence-corrected chi connectivity index (χ3v) is 5.91. The number of rotatable bonds is 7. The SMILES string of the molecule is O=C(Cn1nc2ccccc2n1)N1CC(=O)N(Cc2ccccc2)C[C@@H](OCc2cccnc2)C1. The van der Waals surface area contributed by atoms with Gasteiger partial charge >= 0.3 is 0 Å². The fourth-order valence-electron chi connectivity index (χ4n) is 4.12. The van der Waals surface area contributed by atoms with Crippen molar-refractivity contribution in [2.24, 2.45) is 0 Å². The van der Waals surface area contributed by atoms with E-state index in [2.05, 4.69) is 15.2 Å². The number of ether oxygens (including phenoxy) is 1. The molecule has 1 fully saturated rings. The molecule has 9 heteroatoms. The first-order chi connectivity index (χ1) is 17.1. The zero-order valence-electron chi connectivity index (χ0n) is 19.2. The summed E-state index contributed by atoms with van der Waals surface area (Å²) in [6, 6.07) is 21.1. The second-order valence-corrected chi connectivity index (χ2v) is 8.55. The third-order valence-electron chi connectivity index (χ3n) is 5.91. The maximum Gasteiger partial charge on any atom is 0.246 e. The van der Waals surface area contributed by atoms with Crippen LogP contribution in [0.1, 0.15) is 11.1 Å². The van der Waals surface area contributed by atoms with Gasteiger partial charge in [-0.25, -0.2) is 0 Å². The summed E-state index contributed by atoms with van der Waals surface area (Å²) in [4.78, 5) is 35.2. The summed E-state index contributed by atoms with van der Waals surface area (Å²) in [5.41, 5.74) is 3.40. The normalized spacial score (nSPS) is 16.5. The first-order valence-electron chi connectivity index (χ1n) is 11.5. The molecular formula is C26H26N6O3. The number of hydrogen-bond acceptors (Lipinski definition) is 6. The fourth-order valence-corrected chi connectivity index (χ4v) is 4.12. The number of pyridine rings is 1. The van der Waals surface area contributed by atoms with Crippen molar-refractivity contribution in [2.45, 2.75) is 25.8 Å². The van der Waals surface area contributed by atoms with Crippen molar-refractivity contribution in [1.82, 2.24) is 29.8 Å². The Hall–Kier alpha value is -4.11. The Kier molecular flexibility index (Phi) is 6.76. The van der Waals surface area contributed by atoms with Gasteiger partial charge in [-0.15, -0.1) is 0 Å². The Bertz CT molecular complexity index is 1260. The van der Waals surface area contributed by atoms with Crippen molar-refractivity contribution in [3.05, 3.63) is 90.3 Å². The minimum Gasteiger partial charge on any atom is -0.370 e. The van der Waals surface area contributed by atoms with Crippen LogP contribution in [0.15, 0.2) is 79.1 Å². The van der Waals surface area contributed by atoms with Crippen molar-refractivity contribution in [3.8, 4) is 0 Å². The molecule has 2 aromatic carbocycles. The molecular weight excluding hydrogens is 444 g/mol. The van der Waals surface area contributed by atoms with Gasteiger partial charge in [0.05, 0.1) is 19.3 Å². The molecule has 5 rings (SSSR count). The summed E-state index contributed by atoms with van der Waals surface area (Å²) in [5.74, 6) is -0.344. The number of hydrogen-bond donors (Lipinski definition) is 0. The molecule has 0 N–H and O–H groups in total. The Morgan fingerprint density at radius 2 is 1.63 bits per heavy atom. The number of carbonyl (C=O) groups excluding carboxylic acids is 2. The number of aromatic nitrogens is 4. The van der Waals surface area contributed by atoms with Gasteiger partial charge < -0.3 is 14.5 Å². The van der Waals surface area contributed by atoms with Crippen molar-refractivity contribution in [3.63, 3.8) is 0 Å². The van der Waals surface area contributed by atoms with Crippen LogP contribution in [0.4, 0.5) is 0 Å². The first-order valence-corrected chi connectivity index (χ1v) is 11.5. The van der Waals surface area contributed by atoms with E-state index in [-0.39, 0.29) is 31.0 Å². The van der Waals surface area contributed by atoms with Crippen LogP contribution >= 0.6 is 0 Å². The number of fused-ring (bicyclic) bond motifs is 1. The lowest BCUT2D eigenvalue weighted by molar-refractivity contribution is -0.139. The number of carbonyl (C=O) groups is 2. The summed E-state index contributed by atoms with van der Waals surface area (Å²) < 4.78 is 6.18. The van der Waals surface area contributed by atoms with Gasteiger partial charge in [-0.05, 0) is 29.3 Å². The van der Waals surface area contributed by atoms with Gasteiger partial charge in [-0.2, -0.15) is 15.0 Å². The smallest absolute Gasteiger partial charge is 0.246 e. The Balaban J connectivity index is 1.32. The quantitative estimate of drug-likeness (QED) is 0.411. The summed E-state index contributed by atoms with van der Waals surface area (Å²) >= 11 is 0. The number of amides is 2. The van der Waals surface area contributed by atoms with E-state index in [0.717, 1.165) is 22.2 Å². The largest absolute Gasteiger partial charge is 0.370 e. The topological polar surface area (TPSA) is 93.5 Å². The van der Waals surface area contributed by atoms with Crippen molar-refractivity contribution < 1.29 is 14.3 Å². The molecule has 3 heterocycles. The van der Waals surface area contributed by atoms with Crippen LogP contribution < -0.4 is 0 Å². The Morgan fingerprint density at radius 1 is 0.914 bits per heavy atom. The molecule has 0 aliphatic carbocycles. The molecule has 1 saturated heterocycles. The van der Waals surface area contributed by atoms with Gasteiger partial charge in [0.25, 0.3) is 0 Å². The number of benzene rings is 2. The van der Waals surface area contributed by atoms with Crippen LogP contribution in [-0.2, 0) is 34.0 Å². The van der Waals surface area contributed by atoms with E-state index in [1.165, 1.54) is 4.80 Å². The molecule has 4 aromatic rings. The maximum atomic E-state index is 13.2. The van der Waals surface area contributed by atoms with Crippen molar-refractivity contribution in [2.75, 3.05) is 19.6 Å². The molecule has 35 heavy (non-hydrogen) atoms. The lowest BCUT2D eigenvalue weighted by Gasteiger charge is -2.25. The van der Waals surface area contributed by atoms with E-state index >= 15 is 0 Å². The molecule has 1 aliphatic rings. The van der Waals surface area contributed by atoms with Crippen molar-refractivity contribution >= 4 is 22.8 Å². The summed E-state index contributed by atoms with van der Waals surface area (Å²) in [6.07, 6.45) is 3.11. The van der Waals surface area contributed by atoms with Crippen LogP contribution in [-0.4, -0.2) is 67.3 Å². The lowest BCUT2D eigenvalue weighted by Crippen LogP contribution is -2.41. The van der Waals surface area contributed by atoms with Crippen LogP contribution in [0.2, 0.25) is 0 Å². The minimum atomic E-state index is -0.348. The fraction of sp³-hybridized carbons (Fsp3) is 0.269. The van der Waals surface area contributed by atoms with Crippen LogP contribution in [0, 0.1) is 0 Å². The molecule has 1 aliphatic heterocycles. The third kappa shape index (κ3) is 5.70. The van der Waals surface area contributed by atoms with Gasteiger partial charge in [0.1, 0.15) is 17.6 Å². The average molecular weight is 471 g/mol. The predicted octanol–water partition coefficient (Wildman–Crippen LogP) is 2.28.